The fraction of sp³-hybridized carbons (Fsp3) is 0.762. The maximum absolute atomic E-state index is 10.4. The summed E-state index contributed by atoms with van der Waals surface area (Å²) < 4.78 is 0. The van der Waals surface area contributed by atoms with Crippen molar-refractivity contribution in [1.82, 2.24) is 0 Å². The number of aliphatic hydroxyl groups is 1. The van der Waals surface area contributed by atoms with Gasteiger partial charge < -0.3 is 10.2 Å². The second-order valence-electron chi connectivity index (χ2n) is 7.00. The van der Waals surface area contributed by atoms with Gasteiger partial charge in [0.1, 0.15) is 0 Å². The van der Waals surface area contributed by atoms with Gasteiger partial charge >= 0.3 is 5.97 Å². The predicted molar refractivity (Wildman–Crippen MR) is 98.7 cm³/mol. The molecule has 1 atom stereocenters. The van der Waals surface area contributed by atoms with E-state index in [4.69, 9.17) is 5.11 Å². The summed E-state index contributed by atoms with van der Waals surface area (Å²) >= 11 is 0. The molecule has 1 aliphatic carbocycles. The zero-order chi connectivity index (χ0) is 17.5. The van der Waals surface area contributed by atoms with Crippen LogP contribution in [0.25, 0.3) is 0 Å². The standard InChI is InChI=1S/C21H34O3/c22-20(18-19-14-12-13-15-19)16-10-8-6-4-2-1-3-5-7-9-11-17-21(23)24/h10,16,19-20,22H,1-5,7,9,11-15,17-18H2,(H,23,24)/b16-10+. The Morgan fingerprint density at radius 3 is 2.33 bits per heavy atom. The Labute approximate surface area is 147 Å². The minimum atomic E-state index is -0.686. The SMILES string of the molecule is O=C(O)CCCCCCCCCC#C/C=C/C(O)CC1CCCC1. The van der Waals surface area contributed by atoms with E-state index in [0.29, 0.717) is 12.3 Å². The molecule has 0 radical (unpaired) electrons. The van der Waals surface area contributed by atoms with Crippen LogP contribution < -0.4 is 0 Å². The first-order valence-corrected chi connectivity index (χ1v) is 9.73. The number of carbonyl (C=O) groups is 1. The molecule has 1 fully saturated rings. The number of rotatable bonds is 12. The van der Waals surface area contributed by atoms with E-state index < -0.39 is 5.97 Å². The lowest BCUT2D eigenvalue weighted by Gasteiger charge is -2.10. The Balaban J connectivity index is 1.89. The second kappa shape index (κ2) is 14.1. The predicted octanol–water partition coefficient (Wildman–Crippen LogP) is 5.08. The maximum Gasteiger partial charge on any atom is 0.303 e. The topological polar surface area (TPSA) is 57.5 Å². The van der Waals surface area contributed by atoms with Gasteiger partial charge in [0.25, 0.3) is 0 Å². The molecule has 2 N–H and O–H groups in total. The molecule has 24 heavy (non-hydrogen) atoms. The molecule has 1 unspecified atom stereocenters. The first-order valence-electron chi connectivity index (χ1n) is 9.73. The molecule has 3 heteroatoms. The third kappa shape index (κ3) is 12.2. The van der Waals surface area contributed by atoms with Gasteiger partial charge in [0.2, 0.25) is 0 Å². The zero-order valence-corrected chi connectivity index (χ0v) is 15.0. The molecule has 0 aromatic carbocycles. The van der Waals surface area contributed by atoms with Gasteiger partial charge in [-0.1, -0.05) is 69.6 Å². The normalized spacial score (nSPS) is 16.2. The van der Waals surface area contributed by atoms with E-state index in [-0.39, 0.29) is 6.10 Å². The zero-order valence-electron chi connectivity index (χ0n) is 15.0. The van der Waals surface area contributed by atoms with Gasteiger partial charge in [-0.25, -0.2) is 0 Å². The lowest BCUT2D eigenvalue weighted by molar-refractivity contribution is -0.137. The molecule has 1 aliphatic rings. The Morgan fingerprint density at radius 1 is 1.04 bits per heavy atom. The largest absolute Gasteiger partial charge is 0.481 e. The summed E-state index contributed by atoms with van der Waals surface area (Å²) in [5.74, 6) is 6.19. The molecule has 0 bridgehead atoms. The quantitative estimate of drug-likeness (QED) is 0.386. The van der Waals surface area contributed by atoms with Crippen molar-refractivity contribution in [3.05, 3.63) is 12.2 Å². The molecule has 0 amide bonds. The lowest BCUT2D eigenvalue weighted by Crippen LogP contribution is -2.08. The summed E-state index contributed by atoms with van der Waals surface area (Å²) in [6.45, 7) is 0. The highest BCUT2D eigenvalue weighted by Crippen LogP contribution is 2.28. The average Bonchev–Trinajstić information content (AvgIpc) is 3.04. The molecule has 1 saturated carbocycles. The van der Waals surface area contributed by atoms with Gasteiger partial charge in [0, 0.05) is 12.8 Å². The molecule has 3 nitrogen and oxygen atoms in total. The van der Waals surface area contributed by atoms with E-state index in [1.165, 1.54) is 44.9 Å². The van der Waals surface area contributed by atoms with Crippen molar-refractivity contribution >= 4 is 5.97 Å². The Hall–Kier alpha value is -1.27. The van der Waals surface area contributed by atoms with Crippen LogP contribution in [0.2, 0.25) is 0 Å². The first-order chi connectivity index (χ1) is 11.7. The third-order valence-electron chi connectivity index (χ3n) is 4.75. The molecule has 0 spiro atoms. The number of aliphatic hydroxyl groups excluding tert-OH is 1. The van der Waals surface area contributed by atoms with Gasteiger partial charge in [-0.05, 0) is 37.3 Å². The summed E-state index contributed by atoms with van der Waals surface area (Å²) in [6.07, 6.45) is 18.3. The minimum absolute atomic E-state index is 0.304. The minimum Gasteiger partial charge on any atom is -0.481 e. The molecule has 0 saturated heterocycles. The third-order valence-corrected chi connectivity index (χ3v) is 4.75. The van der Waals surface area contributed by atoms with Crippen LogP contribution in [0.5, 0.6) is 0 Å². The first kappa shape index (κ1) is 20.8. The fourth-order valence-electron chi connectivity index (χ4n) is 3.33. The van der Waals surface area contributed by atoms with E-state index in [1.807, 2.05) is 12.2 Å². The van der Waals surface area contributed by atoms with Crippen LogP contribution in [0.3, 0.4) is 0 Å². The summed E-state index contributed by atoms with van der Waals surface area (Å²) in [7, 11) is 0. The number of hydrogen-bond donors (Lipinski definition) is 2. The van der Waals surface area contributed by atoms with Crippen molar-refractivity contribution in [2.75, 3.05) is 0 Å². The number of aliphatic carboxylic acids is 1. The highest BCUT2D eigenvalue weighted by atomic mass is 16.4. The lowest BCUT2D eigenvalue weighted by atomic mass is 10.00. The van der Waals surface area contributed by atoms with Crippen molar-refractivity contribution in [1.29, 1.82) is 0 Å². The fourth-order valence-corrected chi connectivity index (χ4v) is 3.33. The smallest absolute Gasteiger partial charge is 0.303 e. The van der Waals surface area contributed by atoms with Crippen molar-refractivity contribution in [2.45, 2.75) is 96.0 Å². The summed E-state index contributed by atoms with van der Waals surface area (Å²) in [5.41, 5.74) is 0. The Morgan fingerprint density at radius 2 is 1.67 bits per heavy atom. The average molecular weight is 335 g/mol. The van der Waals surface area contributed by atoms with E-state index in [0.717, 1.165) is 38.5 Å². The van der Waals surface area contributed by atoms with E-state index in [2.05, 4.69) is 11.8 Å². The summed E-state index contributed by atoms with van der Waals surface area (Å²) in [6, 6.07) is 0. The summed E-state index contributed by atoms with van der Waals surface area (Å²) in [4.78, 5) is 10.4. The van der Waals surface area contributed by atoms with Crippen LogP contribution in [0, 0.1) is 17.8 Å². The highest BCUT2D eigenvalue weighted by Gasteiger charge is 2.17. The van der Waals surface area contributed by atoms with E-state index in [1.54, 1.807) is 0 Å². The molecular formula is C21H34O3. The monoisotopic (exact) mass is 334 g/mol. The van der Waals surface area contributed by atoms with Gasteiger partial charge in [0.05, 0.1) is 6.10 Å². The molecule has 0 aromatic heterocycles. The molecule has 0 heterocycles. The van der Waals surface area contributed by atoms with Crippen LogP contribution >= 0.6 is 0 Å². The van der Waals surface area contributed by atoms with Gasteiger partial charge in [-0.15, -0.1) is 0 Å². The molecule has 136 valence electrons. The van der Waals surface area contributed by atoms with Crippen LogP contribution in [0.1, 0.15) is 89.9 Å². The van der Waals surface area contributed by atoms with Crippen LogP contribution in [0.4, 0.5) is 0 Å². The molecule has 1 rings (SSSR count). The maximum atomic E-state index is 10.4. The van der Waals surface area contributed by atoms with Crippen molar-refractivity contribution < 1.29 is 15.0 Å². The van der Waals surface area contributed by atoms with Gasteiger partial charge in [-0.3, -0.25) is 4.79 Å². The van der Waals surface area contributed by atoms with E-state index >= 15 is 0 Å². The van der Waals surface area contributed by atoms with Crippen molar-refractivity contribution in [3.63, 3.8) is 0 Å². The molecule has 0 aromatic rings. The Kier molecular flexibility index (Phi) is 12.2. The van der Waals surface area contributed by atoms with Crippen LogP contribution in [-0.2, 0) is 4.79 Å². The summed E-state index contributed by atoms with van der Waals surface area (Å²) in [5, 5.41) is 18.5. The van der Waals surface area contributed by atoms with Crippen molar-refractivity contribution in [2.24, 2.45) is 5.92 Å². The van der Waals surface area contributed by atoms with E-state index in [9.17, 15) is 9.90 Å². The molecular weight excluding hydrogens is 300 g/mol. The van der Waals surface area contributed by atoms with Gasteiger partial charge in [-0.2, -0.15) is 0 Å². The number of allylic oxidation sites excluding steroid dienone is 1. The number of carboxylic acids is 1. The van der Waals surface area contributed by atoms with Crippen LogP contribution in [-0.4, -0.2) is 22.3 Å². The number of unbranched alkanes of at least 4 members (excludes halogenated alkanes) is 7. The second-order valence-corrected chi connectivity index (χ2v) is 7.00. The highest BCUT2D eigenvalue weighted by molar-refractivity contribution is 5.66. The molecule has 0 aliphatic heterocycles. The van der Waals surface area contributed by atoms with Gasteiger partial charge in [0.15, 0.2) is 0 Å². The van der Waals surface area contributed by atoms with Crippen molar-refractivity contribution in [3.8, 4) is 11.8 Å². The number of carboxylic acid groups (broad SMARTS) is 1. The number of hydrogen-bond acceptors (Lipinski definition) is 2. The van der Waals surface area contributed by atoms with Crippen LogP contribution in [0.15, 0.2) is 12.2 Å². The Bertz CT molecular complexity index is 411.